The molecule has 0 saturated heterocycles. The smallest absolute Gasteiger partial charge is 0.0602 e. The van der Waals surface area contributed by atoms with Gasteiger partial charge in [0.15, 0.2) is 0 Å². The van der Waals surface area contributed by atoms with E-state index < -0.39 is 0 Å². The van der Waals surface area contributed by atoms with Crippen molar-refractivity contribution < 1.29 is 0 Å². The summed E-state index contributed by atoms with van der Waals surface area (Å²) in [5.41, 5.74) is 9.51. The Morgan fingerprint density at radius 2 is 2.12 bits per heavy atom. The van der Waals surface area contributed by atoms with E-state index in [4.69, 9.17) is 5.73 Å². The molecule has 1 aromatic rings. The van der Waals surface area contributed by atoms with Crippen LogP contribution in [0.25, 0.3) is 0 Å². The number of nitrogens with zero attached hydrogens (tertiary/aromatic N) is 1. The summed E-state index contributed by atoms with van der Waals surface area (Å²) in [4.78, 5) is 2.46. The zero-order valence-corrected chi connectivity index (χ0v) is 10.4. The van der Waals surface area contributed by atoms with Gasteiger partial charge in [0.1, 0.15) is 0 Å². The van der Waals surface area contributed by atoms with Crippen molar-refractivity contribution in [2.24, 2.45) is 5.92 Å². The van der Waals surface area contributed by atoms with E-state index >= 15 is 0 Å². The van der Waals surface area contributed by atoms with Gasteiger partial charge in [-0.1, -0.05) is 13.0 Å². The van der Waals surface area contributed by atoms with Gasteiger partial charge >= 0.3 is 0 Å². The van der Waals surface area contributed by atoms with Crippen LogP contribution in [0, 0.1) is 12.8 Å². The third-order valence-electron chi connectivity index (χ3n) is 3.20. The van der Waals surface area contributed by atoms with Crippen LogP contribution < -0.4 is 10.6 Å². The first-order valence-electron chi connectivity index (χ1n) is 6.31. The molecule has 1 aliphatic carbocycles. The summed E-state index contributed by atoms with van der Waals surface area (Å²) in [6.07, 6.45) is 3.97. The van der Waals surface area contributed by atoms with Crippen LogP contribution in [-0.2, 0) is 0 Å². The van der Waals surface area contributed by atoms with E-state index in [0.29, 0.717) is 0 Å². The Bertz CT molecular complexity index is 356. The molecule has 0 unspecified atom stereocenters. The maximum absolute atomic E-state index is 6.08. The molecule has 1 aromatic carbocycles. The quantitative estimate of drug-likeness (QED) is 0.769. The lowest BCUT2D eigenvalue weighted by molar-refractivity contribution is 0.709. The van der Waals surface area contributed by atoms with Crippen LogP contribution in [0.2, 0.25) is 0 Å². The minimum Gasteiger partial charge on any atom is -0.397 e. The molecular weight excluding hydrogens is 196 g/mol. The van der Waals surface area contributed by atoms with Crippen molar-refractivity contribution in [1.82, 2.24) is 0 Å². The fourth-order valence-electron chi connectivity index (χ4n) is 2.12. The number of anilines is 2. The highest BCUT2D eigenvalue weighted by Gasteiger charge is 2.24. The predicted molar refractivity (Wildman–Crippen MR) is 70.8 cm³/mol. The van der Waals surface area contributed by atoms with E-state index in [1.807, 2.05) is 6.07 Å². The molecule has 16 heavy (non-hydrogen) atoms. The van der Waals surface area contributed by atoms with Gasteiger partial charge < -0.3 is 10.6 Å². The van der Waals surface area contributed by atoms with Crippen molar-refractivity contribution in [3.8, 4) is 0 Å². The van der Waals surface area contributed by atoms with Crippen molar-refractivity contribution in [2.45, 2.75) is 33.1 Å². The Balaban J connectivity index is 2.18. The molecule has 2 nitrogen and oxygen atoms in total. The fourth-order valence-corrected chi connectivity index (χ4v) is 2.12. The summed E-state index contributed by atoms with van der Waals surface area (Å²) in [5, 5.41) is 0. The van der Waals surface area contributed by atoms with Gasteiger partial charge in [0.2, 0.25) is 0 Å². The molecule has 1 fully saturated rings. The number of hydrogen-bond acceptors (Lipinski definition) is 2. The Kier molecular flexibility index (Phi) is 3.37. The number of aryl methyl sites for hydroxylation is 1. The molecule has 1 saturated carbocycles. The second-order valence-corrected chi connectivity index (χ2v) is 4.95. The van der Waals surface area contributed by atoms with E-state index in [0.717, 1.165) is 18.2 Å². The van der Waals surface area contributed by atoms with Gasteiger partial charge in [-0.2, -0.15) is 0 Å². The highest BCUT2D eigenvalue weighted by molar-refractivity contribution is 5.68. The highest BCUT2D eigenvalue weighted by atomic mass is 15.1. The fraction of sp³-hybridized carbons (Fsp3) is 0.571. The molecular formula is C14H22N2. The molecule has 1 aliphatic rings. The van der Waals surface area contributed by atoms with Crippen molar-refractivity contribution in [2.75, 3.05) is 23.7 Å². The van der Waals surface area contributed by atoms with Crippen LogP contribution in [-0.4, -0.2) is 13.1 Å². The van der Waals surface area contributed by atoms with Crippen LogP contribution in [0.4, 0.5) is 11.4 Å². The summed E-state index contributed by atoms with van der Waals surface area (Å²) in [6.45, 7) is 6.65. The second-order valence-electron chi connectivity index (χ2n) is 4.95. The zero-order valence-electron chi connectivity index (χ0n) is 10.4. The van der Waals surface area contributed by atoms with Gasteiger partial charge in [-0.25, -0.2) is 0 Å². The minimum atomic E-state index is 0.909. The number of benzene rings is 1. The summed E-state index contributed by atoms with van der Waals surface area (Å²) in [5.74, 6) is 0.909. The van der Waals surface area contributed by atoms with Gasteiger partial charge in [-0.3, -0.25) is 0 Å². The highest BCUT2D eigenvalue weighted by Crippen LogP contribution is 2.33. The van der Waals surface area contributed by atoms with Gasteiger partial charge in [0, 0.05) is 13.1 Å². The number of nitrogens with two attached hydrogens (primary N) is 1. The zero-order chi connectivity index (χ0) is 11.5. The predicted octanol–water partition coefficient (Wildman–Crippen LogP) is 3.20. The standard InChI is InChI=1S/C14H22N2/c1-3-8-16(10-12-5-6-12)14-9-11(2)4-7-13(14)15/h4,7,9,12H,3,5-6,8,10,15H2,1-2H3. The molecule has 0 heterocycles. The number of nitrogen functional groups attached to an aromatic ring is 1. The normalized spacial score (nSPS) is 15.1. The first kappa shape index (κ1) is 11.3. The topological polar surface area (TPSA) is 29.3 Å². The van der Waals surface area contributed by atoms with E-state index in [1.54, 1.807) is 0 Å². The lowest BCUT2D eigenvalue weighted by Crippen LogP contribution is -2.27. The number of hydrogen-bond donors (Lipinski definition) is 1. The van der Waals surface area contributed by atoms with Crippen LogP contribution in [0.15, 0.2) is 18.2 Å². The second kappa shape index (κ2) is 4.77. The van der Waals surface area contributed by atoms with Crippen LogP contribution in [0.5, 0.6) is 0 Å². The number of rotatable bonds is 5. The molecule has 0 radical (unpaired) electrons. The molecule has 2 N–H and O–H groups in total. The average molecular weight is 218 g/mol. The van der Waals surface area contributed by atoms with Crippen LogP contribution in [0.1, 0.15) is 31.7 Å². The summed E-state index contributed by atoms with van der Waals surface area (Å²) in [7, 11) is 0. The van der Waals surface area contributed by atoms with Gasteiger partial charge in [0.25, 0.3) is 0 Å². The maximum atomic E-state index is 6.08. The van der Waals surface area contributed by atoms with Crippen molar-refractivity contribution in [1.29, 1.82) is 0 Å². The molecule has 0 spiro atoms. The Hall–Kier alpha value is -1.18. The largest absolute Gasteiger partial charge is 0.397 e. The molecule has 0 amide bonds. The van der Waals surface area contributed by atoms with Gasteiger partial charge in [0.05, 0.1) is 11.4 Å². The summed E-state index contributed by atoms with van der Waals surface area (Å²) in [6, 6.07) is 6.33. The molecule has 88 valence electrons. The molecule has 2 rings (SSSR count). The molecule has 0 bridgehead atoms. The van der Waals surface area contributed by atoms with Crippen molar-refractivity contribution >= 4 is 11.4 Å². The van der Waals surface area contributed by atoms with Crippen molar-refractivity contribution in [3.05, 3.63) is 23.8 Å². The minimum absolute atomic E-state index is 0.909. The molecule has 0 aliphatic heterocycles. The lowest BCUT2D eigenvalue weighted by atomic mass is 10.1. The average Bonchev–Trinajstić information content (AvgIpc) is 3.05. The lowest BCUT2D eigenvalue weighted by Gasteiger charge is -2.26. The monoisotopic (exact) mass is 218 g/mol. The summed E-state index contributed by atoms with van der Waals surface area (Å²) < 4.78 is 0. The first-order valence-corrected chi connectivity index (χ1v) is 6.31. The van der Waals surface area contributed by atoms with Crippen LogP contribution in [0.3, 0.4) is 0 Å². The SMILES string of the molecule is CCCN(CC1CC1)c1cc(C)ccc1N. The summed E-state index contributed by atoms with van der Waals surface area (Å²) >= 11 is 0. The third kappa shape index (κ3) is 2.69. The van der Waals surface area contributed by atoms with Gasteiger partial charge in [-0.05, 0) is 49.8 Å². The van der Waals surface area contributed by atoms with Crippen molar-refractivity contribution in [3.63, 3.8) is 0 Å². The Morgan fingerprint density at radius 1 is 1.38 bits per heavy atom. The van der Waals surface area contributed by atoms with Gasteiger partial charge in [-0.15, -0.1) is 0 Å². The Morgan fingerprint density at radius 3 is 2.75 bits per heavy atom. The van der Waals surface area contributed by atoms with E-state index in [-0.39, 0.29) is 0 Å². The van der Waals surface area contributed by atoms with E-state index in [2.05, 4.69) is 30.9 Å². The van der Waals surface area contributed by atoms with E-state index in [1.165, 1.54) is 37.1 Å². The Labute approximate surface area is 98.4 Å². The maximum Gasteiger partial charge on any atom is 0.0602 e. The van der Waals surface area contributed by atoms with Crippen LogP contribution >= 0.6 is 0 Å². The third-order valence-corrected chi connectivity index (χ3v) is 3.20. The molecule has 0 atom stereocenters. The molecule has 2 heteroatoms. The molecule has 0 aromatic heterocycles. The van der Waals surface area contributed by atoms with E-state index in [9.17, 15) is 0 Å². The first-order chi connectivity index (χ1) is 7.70.